The summed E-state index contributed by atoms with van der Waals surface area (Å²) in [4.78, 5) is 13.9. The Balaban J connectivity index is 3.18. The first-order valence-corrected chi connectivity index (χ1v) is 9.53. The summed E-state index contributed by atoms with van der Waals surface area (Å²) >= 11 is 0. The van der Waals surface area contributed by atoms with Crippen LogP contribution in [0.1, 0.15) is 19.8 Å². The van der Waals surface area contributed by atoms with Gasteiger partial charge in [-0.1, -0.05) is 13.3 Å². The number of nitrogens with zero attached hydrogens (tertiary/aromatic N) is 2. The molecule has 0 atom stereocenters. The van der Waals surface area contributed by atoms with Crippen LogP contribution in [0.3, 0.4) is 0 Å². The third kappa shape index (κ3) is 5.30. The van der Waals surface area contributed by atoms with E-state index in [2.05, 4.69) is 0 Å². The van der Waals surface area contributed by atoms with Crippen LogP contribution in [0.25, 0.3) is 0 Å². The number of methoxy groups -OCH3 is 2. The fraction of sp³-hybridized carbons (Fsp3) is 0.562. The minimum atomic E-state index is -3.67. The molecule has 0 aromatic heterocycles. The zero-order valence-electron chi connectivity index (χ0n) is 14.9. The number of anilines is 1. The standard InChI is InChI=1S/C16H26N2O5S/c1-6-7-10-17(2)16(19)12-18(24(5,20)21)14-11-13(22-3)8-9-15(14)23-4/h8-9,11H,6-7,10,12H2,1-5H3. The minimum Gasteiger partial charge on any atom is -0.497 e. The summed E-state index contributed by atoms with van der Waals surface area (Å²) in [7, 11) is 0.925. The molecule has 0 N–H and O–H groups in total. The Kier molecular flexibility index (Phi) is 7.34. The molecular weight excluding hydrogens is 332 g/mol. The van der Waals surface area contributed by atoms with E-state index in [1.807, 2.05) is 6.92 Å². The number of carbonyl (C=O) groups is 1. The molecule has 0 aliphatic heterocycles. The average molecular weight is 358 g/mol. The van der Waals surface area contributed by atoms with Crippen molar-refractivity contribution in [2.75, 3.05) is 44.9 Å². The van der Waals surface area contributed by atoms with Crippen molar-refractivity contribution in [2.24, 2.45) is 0 Å². The maximum absolute atomic E-state index is 12.4. The molecule has 0 bridgehead atoms. The molecule has 24 heavy (non-hydrogen) atoms. The summed E-state index contributed by atoms with van der Waals surface area (Å²) in [5.74, 6) is 0.551. The van der Waals surface area contributed by atoms with Crippen molar-refractivity contribution in [2.45, 2.75) is 19.8 Å². The monoisotopic (exact) mass is 358 g/mol. The smallest absolute Gasteiger partial charge is 0.243 e. The van der Waals surface area contributed by atoms with Crippen molar-refractivity contribution in [1.82, 2.24) is 4.90 Å². The molecule has 136 valence electrons. The molecule has 0 spiro atoms. The van der Waals surface area contributed by atoms with Gasteiger partial charge in [-0.05, 0) is 18.6 Å². The fourth-order valence-electron chi connectivity index (χ4n) is 2.14. The Bertz CT molecular complexity index is 660. The largest absolute Gasteiger partial charge is 0.497 e. The van der Waals surface area contributed by atoms with Gasteiger partial charge in [0.05, 0.1) is 26.2 Å². The molecule has 7 nitrogen and oxygen atoms in total. The minimum absolute atomic E-state index is 0.275. The Morgan fingerprint density at radius 3 is 2.38 bits per heavy atom. The predicted molar refractivity (Wildman–Crippen MR) is 94.3 cm³/mol. The van der Waals surface area contributed by atoms with Crippen molar-refractivity contribution in [1.29, 1.82) is 0 Å². The van der Waals surface area contributed by atoms with Gasteiger partial charge in [0.15, 0.2) is 0 Å². The van der Waals surface area contributed by atoms with E-state index in [4.69, 9.17) is 9.47 Å². The number of likely N-dealkylation sites (N-methyl/N-ethyl adjacent to an activating group) is 1. The molecule has 0 heterocycles. The van der Waals surface area contributed by atoms with E-state index in [0.717, 1.165) is 23.4 Å². The normalized spacial score (nSPS) is 11.0. The van der Waals surface area contributed by atoms with Crippen LogP contribution in [-0.2, 0) is 14.8 Å². The Morgan fingerprint density at radius 1 is 1.21 bits per heavy atom. The fourth-order valence-corrected chi connectivity index (χ4v) is 2.98. The number of carbonyl (C=O) groups excluding carboxylic acids is 1. The highest BCUT2D eigenvalue weighted by molar-refractivity contribution is 7.92. The lowest BCUT2D eigenvalue weighted by molar-refractivity contribution is -0.128. The van der Waals surface area contributed by atoms with Gasteiger partial charge in [0, 0.05) is 19.7 Å². The lowest BCUT2D eigenvalue weighted by atomic mass is 10.2. The summed E-state index contributed by atoms with van der Waals surface area (Å²) in [6.07, 6.45) is 2.88. The molecule has 0 aliphatic carbocycles. The van der Waals surface area contributed by atoms with E-state index in [9.17, 15) is 13.2 Å². The zero-order valence-corrected chi connectivity index (χ0v) is 15.7. The molecule has 0 unspecified atom stereocenters. The summed E-state index contributed by atoms with van der Waals surface area (Å²) in [6, 6.07) is 4.81. The number of rotatable bonds is 9. The van der Waals surface area contributed by atoms with Crippen LogP contribution < -0.4 is 13.8 Å². The highest BCUT2D eigenvalue weighted by Crippen LogP contribution is 2.33. The van der Waals surface area contributed by atoms with Crippen LogP contribution in [0.2, 0.25) is 0 Å². The van der Waals surface area contributed by atoms with Gasteiger partial charge in [0.2, 0.25) is 15.9 Å². The van der Waals surface area contributed by atoms with Crippen molar-refractivity contribution < 1.29 is 22.7 Å². The molecule has 0 radical (unpaired) electrons. The number of ether oxygens (including phenoxy) is 2. The van der Waals surface area contributed by atoms with Crippen LogP contribution in [0.15, 0.2) is 18.2 Å². The molecule has 1 aromatic rings. The molecule has 1 rings (SSSR count). The first-order valence-electron chi connectivity index (χ1n) is 7.68. The number of sulfonamides is 1. The van der Waals surface area contributed by atoms with Gasteiger partial charge in [-0.25, -0.2) is 8.42 Å². The highest BCUT2D eigenvalue weighted by Gasteiger charge is 2.25. The lowest BCUT2D eigenvalue weighted by Crippen LogP contribution is -2.41. The Hall–Kier alpha value is -1.96. The van der Waals surface area contributed by atoms with Gasteiger partial charge in [-0.2, -0.15) is 0 Å². The quantitative estimate of drug-likeness (QED) is 0.672. The van der Waals surface area contributed by atoms with Gasteiger partial charge >= 0.3 is 0 Å². The van der Waals surface area contributed by atoms with Crippen molar-refractivity contribution in [3.63, 3.8) is 0 Å². The van der Waals surface area contributed by atoms with Crippen molar-refractivity contribution in [3.8, 4) is 11.5 Å². The summed E-state index contributed by atoms with van der Waals surface area (Å²) in [5.41, 5.74) is 0.275. The predicted octanol–water partition coefficient (Wildman–Crippen LogP) is 1.73. The zero-order chi connectivity index (χ0) is 18.3. The van der Waals surface area contributed by atoms with Crippen LogP contribution >= 0.6 is 0 Å². The topological polar surface area (TPSA) is 76.2 Å². The maximum Gasteiger partial charge on any atom is 0.243 e. The number of unbranched alkanes of at least 4 members (excludes halogenated alkanes) is 1. The number of amides is 1. The van der Waals surface area contributed by atoms with Gasteiger partial charge in [-0.15, -0.1) is 0 Å². The molecular formula is C16H26N2O5S. The van der Waals surface area contributed by atoms with E-state index in [0.29, 0.717) is 18.0 Å². The van der Waals surface area contributed by atoms with E-state index >= 15 is 0 Å². The third-order valence-corrected chi connectivity index (χ3v) is 4.73. The molecule has 0 fully saturated rings. The lowest BCUT2D eigenvalue weighted by Gasteiger charge is -2.26. The SMILES string of the molecule is CCCCN(C)C(=O)CN(c1cc(OC)ccc1OC)S(C)(=O)=O. The van der Waals surface area contributed by atoms with Crippen molar-refractivity contribution in [3.05, 3.63) is 18.2 Å². The second-order valence-electron chi connectivity index (χ2n) is 5.48. The third-order valence-electron chi connectivity index (χ3n) is 3.61. The number of hydrogen-bond acceptors (Lipinski definition) is 5. The number of benzene rings is 1. The maximum atomic E-state index is 12.4. The van der Waals surface area contributed by atoms with Gasteiger partial charge in [0.25, 0.3) is 0 Å². The molecule has 1 amide bonds. The first-order chi connectivity index (χ1) is 11.2. The van der Waals surface area contributed by atoms with Crippen LogP contribution in [0.5, 0.6) is 11.5 Å². The Labute approximate surface area is 144 Å². The summed E-state index contributed by atoms with van der Waals surface area (Å²) in [6.45, 7) is 2.33. The highest BCUT2D eigenvalue weighted by atomic mass is 32.2. The van der Waals surface area contributed by atoms with Gasteiger partial charge in [-0.3, -0.25) is 9.10 Å². The molecule has 0 saturated heterocycles. The Morgan fingerprint density at radius 2 is 1.88 bits per heavy atom. The van der Waals surface area contributed by atoms with Crippen LogP contribution in [-0.4, -0.2) is 59.8 Å². The first kappa shape index (κ1) is 20.1. The van der Waals surface area contributed by atoms with E-state index in [1.54, 1.807) is 25.2 Å². The van der Waals surface area contributed by atoms with Gasteiger partial charge in [0.1, 0.15) is 18.0 Å². The molecule has 0 saturated carbocycles. The van der Waals surface area contributed by atoms with Gasteiger partial charge < -0.3 is 14.4 Å². The summed E-state index contributed by atoms with van der Waals surface area (Å²) < 4.78 is 35.9. The molecule has 8 heteroatoms. The van der Waals surface area contributed by atoms with Crippen molar-refractivity contribution >= 4 is 21.6 Å². The van der Waals surface area contributed by atoms with E-state index in [1.165, 1.54) is 19.1 Å². The van der Waals surface area contributed by atoms with E-state index < -0.39 is 10.0 Å². The summed E-state index contributed by atoms with van der Waals surface area (Å²) in [5, 5.41) is 0. The van der Waals surface area contributed by atoms with Crippen LogP contribution in [0, 0.1) is 0 Å². The van der Waals surface area contributed by atoms with Crippen LogP contribution in [0.4, 0.5) is 5.69 Å². The average Bonchev–Trinajstić information content (AvgIpc) is 2.55. The van der Waals surface area contributed by atoms with E-state index in [-0.39, 0.29) is 18.1 Å². The second kappa shape index (κ2) is 8.77. The number of hydrogen-bond donors (Lipinski definition) is 0. The molecule has 1 aromatic carbocycles. The molecule has 0 aliphatic rings. The second-order valence-corrected chi connectivity index (χ2v) is 7.38.